The van der Waals surface area contributed by atoms with E-state index in [1.54, 1.807) is 6.07 Å². The Kier molecular flexibility index (Phi) is 8.71. The van der Waals surface area contributed by atoms with E-state index in [4.69, 9.17) is 0 Å². The van der Waals surface area contributed by atoms with Crippen LogP contribution in [0.1, 0.15) is 6.92 Å². The largest absolute Gasteiger partial charge is 0.368 e. The average molecular weight is 505 g/mol. The number of H-pyrrole nitrogens is 1. The molecule has 2 aromatic heterocycles. The summed E-state index contributed by atoms with van der Waals surface area (Å²) in [6.45, 7) is 3.44. The molecule has 2 amide bonds. The van der Waals surface area contributed by atoms with Gasteiger partial charge in [0.05, 0.1) is 16.8 Å². The second-order valence-electron chi connectivity index (χ2n) is 7.86. The maximum Gasteiger partial charge on any atom is 0.230 e. The number of aromatic nitrogens is 4. The number of hydrogen-bond acceptors (Lipinski definition) is 8. The van der Waals surface area contributed by atoms with Gasteiger partial charge in [-0.15, -0.1) is 0 Å². The van der Waals surface area contributed by atoms with E-state index in [0.717, 1.165) is 21.8 Å². The van der Waals surface area contributed by atoms with Crippen LogP contribution in [0, 0.1) is 0 Å². The van der Waals surface area contributed by atoms with Crippen molar-refractivity contribution in [3.8, 4) is 11.4 Å². The third-order valence-electron chi connectivity index (χ3n) is 5.02. The summed E-state index contributed by atoms with van der Waals surface area (Å²) in [4.78, 5) is 40.2. The van der Waals surface area contributed by atoms with Gasteiger partial charge in [0.1, 0.15) is 11.6 Å². The topological polar surface area (TPSA) is 137 Å². The molecule has 0 aliphatic carbocycles. The van der Waals surface area contributed by atoms with Crippen LogP contribution in [0.3, 0.4) is 0 Å². The van der Waals surface area contributed by atoms with Crippen LogP contribution >= 0.6 is 11.8 Å². The van der Waals surface area contributed by atoms with Gasteiger partial charge >= 0.3 is 0 Å². The van der Waals surface area contributed by atoms with Gasteiger partial charge in [0.15, 0.2) is 11.0 Å². The molecular formula is C25H28N8O2S. The number of amides is 2. The molecule has 5 N–H and O–H groups in total. The molecule has 2 heterocycles. The van der Waals surface area contributed by atoms with Crippen LogP contribution in [-0.4, -0.2) is 63.7 Å². The molecule has 0 saturated heterocycles. The number of fused-ring (bicyclic) bond motifs is 1. The lowest BCUT2D eigenvalue weighted by atomic mass is 10.2. The molecule has 0 atom stereocenters. The van der Waals surface area contributed by atoms with Crippen LogP contribution in [0.25, 0.3) is 22.4 Å². The standard InChI is InChI=1S/C25H28N8O2S/c1-17(34)26-11-12-27-21-15-22(33-24(32-21)18-7-3-2-4-8-18)28-13-14-29-23(35)16-36-25-30-19-9-5-6-10-20(19)31-25/h2-10,15H,11-14,16H2,1H3,(H,26,34)(H,29,35)(H,30,31)(H2,27,28,32,33). The van der Waals surface area contributed by atoms with Gasteiger partial charge < -0.3 is 26.3 Å². The lowest BCUT2D eigenvalue weighted by Gasteiger charge is -2.12. The zero-order valence-electron chi connectivity index (χ0n) is 19.9. The summed E-state index contributed by atoms with van der Waals surface area (Å²) in [6, 6.07) is 19.3. The van der Waals surface area contributed by atoms with Crippen LogP contribution in [0.4, 0.5) is 11.6 Å². The number of aromatic amines is 1. The van der Waals surface area contributed by atoms with Crippen LogP contribution in [0.5, 0.6) is 0 Å². The molecule has 0 aliphatic heterocycles. The molecule has 4 rings (SSSR count). The molecule has 0 radical (unpaired) electrons. The highest BCUT2D eigenvalue weighted by Crippen LogP contribution is 2.20. The molecule has 4 aromatic rings. The van der Waals surface area contributed by atoms with Crippen LogP contribution in [0.15, 0.2) is 65.8 Å². The van der Waals surface area contributed by atoms with Gasteiger partial charge in [-0.25, -0.2) is 15.0 Å². The Morgan fingerprint density at radius 1 is 0.833 bits per heavy atom. The third-order valence-corrected chi connectivity index (χ3v) is 5.90. The van der Waals surface area contributed by atoms with E-state index in [1.807, 2.05) is 54.6 Å². The van der Waals surface area contributed by atoms with Crippen molar-refractivity contribution in [3.05, 3.63) is 60.7 Å². The van der Waals surface area contributed by atoms with Gasteiger partial charge in [-0.1, -0.05) is 54.2 Å². The van der Waals surface area contributed by atoms with Crippen molar-refractivity contribution < 1.29 is 9.59 Å². The van der Waals surface area contributed by atoms with E-state index in [1.165, 1.54) is 18.7 Å². The summed E-state index contributed by atoms with van der Waals surface area (Å²) < 4.78 is 0. The fraction of sp³-hybridized carbons (Fsp3) is 0.240. The van der Waals surface area contributed by atoms with Gasteiger partial charge in [0.2, 0.25) is 11.8 Å². The summed E-state index contributed by atoms with van der Waals surface area (Å²) in [7, 11) is 0. The molecule has 0 unspecified atom stereocenters. The number of rotatable bonds is 12. The maximum absolute atomic E-state index is 12.3. The number of nitrogens with zero attached hydrogens (tertiary/aromatic N) is 3. The molecule has 2 aromatic carbocycles. The first-order valence-corrected chi connectivity index (χ1v) is 12.6. The Morgan fingerprint density at radius 2 is 1.50 bits per heavy atom. The summed E-state index contributed by atoms with van der Waals surface area (Å²) in [6.07, 6.45) is 0. The number of thioether (sulfide) groups is 1. The molecule has 10 nitrogen and oxygen atoms in total. The Morgan fingerprint density at radius 3 is 2.19 bits per heavy atom. The minimum Gasteiger partial charge on any atom is -0.368 e. The van der Waals surface area contributed by atoms with Crippen LogP contribution in [0.2, 0.25) is 0 Å². The summed E-state index contributed by atoms with van der Waals surface area (Å²) >= 11 is 1.37. The molecule has 0 aliphatic rings. The lowest BCUT2D eigenvalue weighted by molar-refractivity contribution is -0.119. The minimum atomic E-state index is -0.0788. The summed E-state index contributed by atoms with van der Waals surface area (Å²) in [5.41, 5.74) is 2.73. The van der Waals surface area contributed by atoms with Gasteiger partial charge in [0.25, 0.3) is 0 Å². The molecule has 11 heteroatoms. The highest BCUT2D eigenvalue weighted by atomic mass is 32.2. The fourth-order valence-corrected chi connectivity index (χ4v) is 4.06. The Bertz CT molecular complexity index is 1280. The first-order chi connectivity index (χ1) is 17.6. The number of imidazole rings is 1. The Labute approximate surface area is 213 Å². The maximum atomic E-state index is 12.3. The van der Waals surface area contributed by atoms with Gasteiger partial charge in [0, 0.05) is 44.7 Å². The van der Waals surface area contributed by atoms with Crippen molar-refractivity contribution in [1.82, 2.24) is 30.6 Å². The van der Waals surface area contributed by atoms with Crippen molar-refractivity contribution in [1.29, 1.82) is 0 Å². The number of carbonyl (C=O) groups excluding carboxylic acids is 2. The van der Waals surface area contributed by atoms with Gasteiger partial charge in [-0.05, 0) is 12.1 Å². The zero-order valence-corrected chi connectivity index (χ0v) is 20.7. The Hall–Kier alpha value is -4.12. The second kappa shape index (κ2) is 12.5. The monoisotopic (exact) mass is 504 g/mol. The average Bonchev–Trinajstić information content (AvgIpc) is 3.31. The highest BCUT2D eigenvalue weighted by Gasteiger charge is 2.09. The first-order valence-electron chi connectivity index (χ1n) is 11.6. The SMILES string of the molecule is CC(=O)NCCNc1cc(NCCNC(=O)CSc2nc3ccccc3[nH]2)nc(-c2ccccc2)n1. The van der Waals surface area contributed by atoms with Crippen molar-refractivity contribution >= 4 is 46.2 Å². The number of nitrogens with one attached hydrogen (secondary N) is 5. The molecule has 0 spiro atoms. The van der Waals surface area contributed by atoms with Crippen molar-refractivity contribution in [3.63, 3.8) is 0 Å². The lowest BCUT2D eigenvalue weighted by Crippen LogP contribution is -2.30. The predicted octanol–water partition coefficient (Wildman–Crippen LogP) is 2.89. The first kappa shape index (κ1) is 25.0. The molecule has 0 bridgehead atoms. The van der Waals surface area contributed by atoms with Crippen LogP contribution < -0.4 is 21.3 Å². The third kappa shape index (κ3) is 7.44. The predicted molar refractivity (Wildman–Crippen MR) is 143 cm³/mol. The van der Waals surface area contributed by atoms with E-state index in [-0.39, 0.29) is 17.6 Å². The normalized spacial score (nSPS) is 10.7. The molecule has 186 valence electrons. The summed E-state index contributed by atoms with van der Waals surface area (Å²) in [5.74, 6) is 1.97. The number of anilines is 2. The number of carbonyl (C=O) groups is 2. The zero-order chi connectivity index (χ0) is 25.2. The van der Waals surface area contributed by atoms with E-state index in [0.29, 0.717) is 43.6 Å². The number of hydrogen-bond donors (Lipinski definition) is 5. The molecular weight excluding hydrogens is 476 g/mol. The quantitative estimate of drug-likeness (QED) is 0.147. The minimum absolute atomic E-state index is 0.0738. The highest BCUT2D eigenvalue weighted by molar-refractivity contribution is 7.99. The molecule has 0 fully saturated rings. The summed E-state index contributed by atoms with van der Waals surface area (Å²) in [5, 5.41) is 12.8. The second-order valence-corrected chi connectivity index (χ2v) is 8.83. The smallest absolute Gasteiger partial charge is 0.230 e. The van der Waals surface area contributed by atoms with Crippen LogP contribution in [-0.2, 0) is 9.59 Å². The molecule has 0 saturated carbocycles. The van der Waals surface area contributed by atoms with E-state index in [2.05, 4.69) is 41.2 Å². The van der Waals surface area contributed by atoms with Crippen molar-refractivity contribution in [2.75, 3.05) is 42.6 Å². The number of benzene rings is 2. The van der Waals surface area contributed by atoms with Gasteiger partial charge in [-0.2, -0.15) is 0 Å². The molecule has 36 heavy (non-hydrogen) atoms. The Balaban J connectivity index is 1.28. The fourth-order valence-electron chi connectivity index (χ4n) is 3.35. The number of para-hydroxylation sites is 2. The van der Waals surface area contributed by atoms with E-state index in [9.17, 15) is 9.59 Å². The van der Waals surface area contributed by atoms with E-state index >= 15 is 0 Å². The van der Waals surface area contributed by atoms with Gasteiger partial charge in [-0.3, -0.25) is 9.59 Å². The van der Waals surface area contributed by atoms with Crippen molar-refractivity contribution in [2.24, 2.45) is 0 Å². The van der Waals surface area contributed by atoms with Crippen molar-refractivity contribution in [2.45, 2.75) is 12.1 Å². The van der Waals surface area contributed by atoms with E-state index < -0.39 is 0 Å².